The summed E-state index contributed by atoms with van der Waals surface area (Å²) >= 11 is 1.72. The lowest BCUT2D eigenvalue weighted by Gasteiger charge is -2.10. The molecule has 0 bridgehead atoms. The van der Waals surface area contributed by atoms with Crippen LogP contribution in [0.3, 0.4) is 0 Å². The molecular formula is C15H19NO2S. The minimum absolute atomic E-state index is 0.243. The van der Waals surface area contributed by atoms with Crippen LogP contribution in [0, 0.1) is 0 Å². The number of hydrogen-bond donors (Lipinski definition) is 2. The zero-order chi connectivity index (χ0) is 13.5. The highest BCUT2D eigenvalue weighted by Crippen LogP contribution is 2.29. The number of nitrogens with one attached hydrogen (secondary N) is 1. The SMILES string of the molecule is CCOc1cccc(CNCCc2ccsc2)c1O. The van der Waals surface area contributed by atoms with E-state index in [1.165, 1.54) is 5.56 Å². The van der Waals surface area contributed by atoms with Crippen molar-refractivity contribution in [2.75, 3.05) is 13.2 Å². The number of benzene rings is 1. The van der Waals surface area contributed by atoms with Crippen LogP contribution < -0.4 is 10.1 Å². The summed E-state index contributed by atoms with van der Waals surface area (Å²) in [4.78, 5) is 0. The van der Waals surface area contributed by atoms with Gasteiger partial charge in [-0.05, 0) is 48.3 Å². The first-order valence-electron chi connectivity index (χ1n) is 6.46. The third-order valence-corrected chi connectivity index (χ3v) is 3.60. The fourth-order valence-electron chi connectivity index (χ4n) is 1.87. The number of phenolic OH excluding ortho intramolecular Hbond substituents is 1. The first-order valence-corrected chi connectivity index (χ1v) is 7.41. The molecule has 0 amide bonds. The van der Waals surface area contributed by atoms with Gasteiger partial charge in [-0.2, -0.15) is 11.3 Å². The van der Waals surface area contributed by atoms with E-state index >= 15 is 0 Å². The summed E-state index contributed by atoms with van der Waals surface area (Å²) in [5.74, 6) is 0.798. The monoisotopic (exact) mass is 277 g/mol. The van der Waals surface area contributed by atoms with Crippen molar-refractivity contribution in [3.63, 3.8) is 0 Å². The molecule has 0 aliphatic heterocycles. The van der Waals surface area contributed by atoms with E-state index in [1.54, 1.807) is 17.4 Å². The van der Waals surface area contributed by atoms with Gasteiger partial charge in [0.05, 0.1) is 6.61 Å². The van der Waals surface area contributed by atoms with Gasteiger partial charge >= 0.3 is 0 Å². The molecule has 2 N–H and O–H groups in total. The standard InChI is InChI=1S/C15H19NO2S/c1-2-18-14-5-3-4-13(15(14)17)10-16-8-6-12-7-9-19-11-12/h3-5,7,9,11,16-17H,2,6,8,10H2,1H3. The van der Waals surface area contributed by atoms with Crippen LogP contribution in [0.5, 0.6) is 11.5 Å². The molecule has 0 saturated heterocycles. The average molecular weight is 277 g/mol. The van der Waals surface area contributed by atoms with Crippen molar-refractivity contribution in [1.29, 1.82) is 0 Å². The van der Waals surface area contributed by atoms with Crippen molar-refractivity contribution in [3.8, 4) is 11.5 Å². The highest BCUT2D eigenvalue weighted by Gasteiger charge is 2.07. The van der Waals surface area contributed by atoms with Crippen LogP contribution >= 0.6 is 11.3 Å². The second-order valence-electron chi connectivity index (χ2n) is 4.26. The molecule has 4 heteroatoms. The number of ether oxygens (including phenoxy) is 1. The average Bonchev–Trinajstić information content (AvgIpc) is 2.92. The van der Waals surface area contributed by atoms with Gasteiger partial charge in [0.15, 0.2) is 11.5 Å². The normalized spacial score (nSPS) is 10.6. The van der Waals surface area contributed by atoms with Gasteiger partial charge in [-0.3, -0.25) is 0 Å². The maximum atomic E-state index is 10.0. The lowest BCUT2D eigenvalue weighted by atomic mass is 10.1. The molecule has 0 spiro atoms. The Morgan fingerprint density at radius 1 is 1.32 bits per heavy atom. The van der Waals surface area contributed by atoms with E-state index in [9.17, 15) is 5.11 Å². The molecule has 0 aliphatic rings. The molecule has 2 rings (SSSR count). The fraction of sp³-hybridized carbons (Fsp3) is 0.333. The van der Waals surface area contributed by atoms with Gasteiger partial charge in [-0.1, -0.05) is 12.1 Å². The first kappa shape index (κ1) is 13.9. The van der Waals surface area contributed by atoms with E-state index in [2.05, 4.69) is 22.1 Å². The Morgan fingerprint density at radius 2 is 2.21 bits per heavy atom. The Kier molecular flexibility index (Phi) is 5.24. The van der Waals surface area contributed by atoms with E-state index < -0.39 is 0 Å². The molecule has 1 heterocycles. The quantitative estimate of drug-likeness (QED) is 0.764. The van der Waals surface area contributed by atoms with Gasteiger partial charge in [0, 0.05) is 12.1 Å². The Bertz CT molecular complexity index is 497. The van der Waals surface area contributed by atoms with Crippen LogP contribution in [0.1, 0.15) is 18.1 Å². The van der Waals surface area contributed by atoms with Crippen LogP contribution in [-0.2, 0) is 13.0 Å². The number of phenols is 1. The molecule has 0 saturated carbocycles. The van der Waals surface area contributed by atoms with Crippen molar-refractivity contribution < 1.29 is 9.84 Å². The van der Waals surface area contributed by atoms with E-state index in [0.717, 1.165) is 18.5 Å². The zero-order valence-electron chi connectivity index (χ0n) is 11.1. The number of aromatic hydroxyl groups is 1. The van der Waals surface area contributed by atoms with Crippen molar-refractivity contribution in [1.82, 2.24) is 5.32 Å². The van der Waals surface area contributed by atoms with Crippen LogP contribution in [0.2, 0.25) is 0 Å². The number of rotatable bonds is 7. The molecule has 0 atom stereocenters. The van der Waals surface area contributed by atoms with Gasteiger partial charge in [-0.25, -0.2) is 0 Å². The van der Waals surface area contributed by atoms with E-state index in [1.807, 2.05) is 19.1 Å². The smallest absolute Gasteiger partial charge is 0.162 e. The van der Waals surface area contributed by atoms with Crippen molar-refractivity contribution in [2.45, 2.75) is 19.9 Å². The summed E-state index contributed by atoms with van der Waals surface area (Å²) in [6, 6.07) is 7.74. The zero-order valence-corrected chi connectivity index (χ0v) is 11.9. The van der Waals surface area contributed by atoms with Crippen molar-refractivity contribution in [3.05, 3.63) is 46.2 Å². The van der Waals surface area contributed by atoms with Gasteiger partial charge < -0.3 is 15.2 Å². The highest BCUT2D eigenvalue weighted by atomic mass is 32.1. The predicted octanol–water partition coefficient (Wildman–Crippen LogP) is 3.18. The Hall–Kier alpha value is -1.52. The largest absolute Gasteiger partial charge is 0.504 e. The summed E-state index contributed by atoms with van der Waals surface area (Å²) in [6.07, 6.45) is 1.01. The predicted molar refractivity (Wildman–Crippen MR) is 79.0 cm³/mol. The summed E-state index contributed by atoms with van der Waals surface area (Å²) in [6.45, 7) is 4.01. The Labute approximate surface area is 117 Å². The van der Waals surface area contributed by atoms with Gasteiger partial charge in [-0.15, -0.1) is 0 Å². The highest BCUT2D eigenvalue weighted by molar-refractivity contribution is 7.07. The van der Waals surface area contributed by atoms with Crippen LogP contribution in [0.25, 0.3) is 0 Å². The lowest BCUT2D eigenvalue weighted by molar-refractivity contribution is 0.316. The van der Waals surface area contributed by atoms with E-state index in [0.29, 0.717) is 18.9 Å². The first-order chi connectivity index (χ1) is 9.31. The fourth-order valence-corrected chi connectivity index (χ4v) is 2.58. The Balaban J connectivity index is 1.83. The lowest BCUT2D eigenvalue weighted by Crippen LogP contribution is -2.16. The van der Waals surface area contributed by atoms with Gasteiger partial charge in [0.2, 0.25) is 0 Å². The van der Waals surface area contributed by atoms with Crippen LogP contribution in [0.15, 0.2) is 35.0 Å². The molecule has 0 unspecified atom stereocenters. The topological polar surface area (TPSA) is 41.5 Å². The number of para-hydroxylation sites is 1. The van der Waals surface area contributed by atoms with Crippen LogP contribution in [0.4, 0.5) is 0 Å². The third-order valence-electron chi connectivity index (χ3n) is 2.87. The van der Waals surface area contributed by atoms with Crippen molar-refractivity contribution >= 4 is 11.3 Å². The third kappa shape index (κ3) is 3.98. The maximum Gasteiger partial charge on any atom is 0.162 e. The second kappa shape index (κ2) is 7.16. The minimum Gasteiger partial charge on any atom is -0.504 e. The van der Waals surface area contributed by atoms with E-state index in [-0.39, 0.29) is 5.75 Å². The summed E-state index contributed by atoms with van der Waals surface area (Å²) < 4.78 is 5.37. The number of hydrogen-bond acceptors (Lipinski definition) is 4. The molecule has 102 valence electrons. The minimum atomic E-state index is 0.243. The Morgan fingerprint density at radius 3 is 2.95 bits per heavy atom. The molecule has 0 aliphatic carbocycles. The van der Waals surface area contributed by atoms with Gasteiger partial charge in [0.1, 0.15) is 0 Å². The second-order valence-corrected chi connectivity index (χ2v) is 5.04. The summed E-state index contributed by atoms with van der Waals surface area (Å²) in [5, 5.41) is 17.6. The molecule has 1 aromatic heterocycles. The van der Waals surface area contributed by atoms with Crippen molar-refractivity contribution in [2.24, 2.45) is 0 Å². The summed E-state index contributed by atoms with van der Waals surface area (Å²) in [7, 11) is 0. The molecule has 19 heavy (non-hydrogen) atoms. The molecule has 1 aromatic carbocycles. The molecule has 2 aromatic rings. The molecule has 3 nitrogen and oxygen atoms in total. The molecular weight excluding hydrogens is 258 g/mol. The molecule has 0 fully saturated rings. The maximum absolute atomic E-state index is 10.0. The van der Waals surface area contributed by atoms with Gasteiger partial charge in [0.25, 0.3) is 0 Å². The number of thiophene rings is 1. The van der Waals surface area contributed by atoms with E-state index in [4.69, 9.17) is 4.74 Å². The van der Waals surface area contributed by atoms with Crippen LogP contribution in [-0.4, -0.2) is 18.3 Å². The molecule has 0 radical (unpaired) electrons. The summed E-state index contributed by atoms with van der Waals surface area (Å²) in [5.41, 5.74) is 2.22.